The van der Waals surface area contributed by atoms with E-state index in [0.717, 1.165) is 18.2 Å². The molecule has 3 aromatic rings. The van der Waals surface area contributed by atoms with Crippen molar-refractivity contribution in [3.63, 3.8) is 0 Å². The van der Waals surface area contributed by atoms with E-state index in [1.54, 1.807) is 35.2 Å². The number of esters is 2. The zero-order valence-corrected chi connectivity index (χ0v) is 21.7. The van der Waals surface area contributed by atoms with Crippen molar-refractivity contribution >= 4 is 40.8 Å². The summed E-state index contributed by atoms with van der Waals surface area (Å²) in [6.45, 7) is 0. The van der Waals surface area contributed by atoms with E-state index in [9.17, 15) is 20.1 Å². The molecule has 0 amide bonds. The zero-order chi connectivity index (χ0) is 27.2. The van der Waals surface area contributed by atoms with Crippen LogP contribution in [0.2, 0.25) is 10.0 Å². The Labute approximate surface area is 229 Å². The Bertz CT molecular complexity index is 1600. The molecule has 2 atom stereocenters. The molecule has 2 unspecified atom stereocenters. The fraction of sp³-hybridized carbons (Fsp3) is 0.172. The van der Waals surface area contributed by atoms with Crippen molar-refractivity contribution in [3.05, 3.63) is 99.2 Å². The number of fused-ring (bicyclic) bond motifs is 6. The quantitative estimate of drug-likeness (QED) is 0.375. The molecule has 0 saturated heterocycles. The SMILES string of the molecule is COC(=O)C1=C(C(=O)OC)N2c3ccccc3-c3ccccc3C2C(C#N)(C#N)C1c1ccc(Cl)cc1Cl. The molecule has 5 rings (SSSR count). The van der Waals surface area contributed by atoms with Crippen LogP contribution < -0.4 is 4.90 Å². The lowest BCUT2D eigenvalue weighted by Gasteiger charge is -2.51. The van der Waals surface area contributed by atoms with Crippen LogP contribution in [0.25, 0.3) is 11.1 Å². The number of methoxy groups -OCH3 is 2. The molecule has 0 aliphatic carbocycles. The van der Waals surface area contributed by atoms with Crippen molar-refractivity contribution in [2.24, 2.45) is 5.41 Å². The third-order valence-electron chi connectivity index (χ3n) is 7.07. The van der Waals surface area contributed by atoms with Gasteiger partial charge in [0.2, 0.25) is 0 Å². The van der Waals surface area contributed by atoms with E-state index >= 15 is 0 Å². The molecule has 2 aliphatic rings. The summed E-state index contributed by atoms with van der Waals surface area (Å²) >= 11 is 12.8. The van der Waals surface area contributed by atoms with Gasteiger partial charge >= 0.3 is 11.9 Å². The van der Waals surface area contributed by atoms with E-state index in [4.69, 9.17) is 32.7 Å². The summed E-state index contributed by atoms with van der Waals surface area (Å²) in [5, 5.41) is 22.1. The first-order valence-electron chi connectivity index (χ1n) is 11.5. The minimum atomic E-state index is -1.94. The highest BCUT2D eigenvalue weighted by Crippen LogP contribution is 2.62. The lowest BCUT2D eigenvalue weighted by molar-refractivity contribution is -0.140. The molecular weight excluding hydrogens is 525 g/mol. The number of ether oxygens (including phenoxy) is 2. The highest BCUT2D eigenvalue weighted by atomic mass is 35.5. The molecule has 0 saturated carbocycles. The molecule has 188 valence electrons. The fourth-order valence-corrected chi connectivity index (χ4v) is 6.08. The summed E-state index contributed by atoms with van der Waals surface area (Å²) in [5.41, 5.74) is 0.715. The molecule has 0 N–H and O–H groups in total. The van der Waals surface area contributed by atoms with Gasteiger partial charge in [0.1, 0.15) is 5.70 Å². The van der Waals surface area contributed by atoms with Gasteiger partial charge in [0, 0.05) is 21.3 Å². The van der Waals surface area contributed by atoms with Gasteiger partial charge in [-0.1, -0.05) is 71.7 Å². The summed E-state index contributed by atoms with van der Waals surface area (Å²) in [6, 6.07) is 22.6. The summed E-state index contributed by atoms with van der Waals surface area (Å²) in [6.07, 6.45) is 0. The normalized spacial score (nSPS) is 18.7. The average molecular weight is 544 g/mol. The van der Waals surface area contributed by atoms with Crippen molar-refractivity contribution < 1.29 is 19.1 Å². The molecular formula is C29H19Cl2N3O4. The minimum Gasteiger partial charge on any atom is -0.466 e. The van der Waals surface area contributed by atoms with Crippen LogP contribution in [0.5, 0.6) is 0 Å². The molecule has 0 radical (unpaired) electrons. The Balaban J connectivity index is 2.02. The van der Waals surface area contributed by atoms with Gasteiger partial charge < -0.3 is 14.4 Å². The van der Waals surface area contributed by atoms with E-state index in [0.29, 0.717) is 16.3 Å². The second kappa shape index (κ2) is 9.54. The number of hydrogen-bond donors (Lipinski definition) is 0. The minimum absolute atomic E-state index is 0.126. The Morgan fingerprint density at radius 2 is 1.50 bits per heavy atom. The topological polar surface area (TPSA) is 103 Å². The number of para-hydroxylation sites is 1. The molecule has 7 nitrogen and oxygen atoms in total. The molecule has 38 heavy (non-hydrogen) atoms. The van der Waals surface area contributed by atoms with E-state index < -0.39 is 29.3 Å². The number of benzene rings is 3. The molecule has 2 aliphatic heterocycles. The van der Waals surface area contributed by atoms with Crippen molar-refractivity contribution in [3.8, 4) is 23.3 Å². The van der Waals surface area contributed by atoms with E-state index in [1.165, 1.54) is 13.2 Å². The second-order valence-electron chi connectivity index (χ2n) is 8.81. The monoisotopic (exact) mass is 543 g/mol. The van der Waals surface area contributed by atoms with Crippen LogP contribution >= 0.6 is 23.2 Å². The van der Waals surface area contributed by atoms with Gasteiger partial charge in [-0.3, -0.25) is 0 Å². The molecule has 0 bridgehead atoms. The van der Waals surface area contributed by atoms with E-state index in [1.807, 2.05) is 30.3 Å². The maximum absolute atomic E-state index is 13.5. The number of carbonyl (C=O) groups excluding carboxylic acids is 2. The first kappa shape index (κ1) is 25.4. The van der Waals surface area contributed by atoms with Gasteiger partial charge in [0.05, 0.1) is 43.9 Å². The largest absolute Gasteiger partial charge is 0.466 e. The van der Waals surface area contributed by atoms with Gasteiger partial charge in [-0.2, -0.15) is 10.5 Å². The first-order chi connectivity index (χ1) is 18.3. The van der Waals surface area contributed by atoms with Crippen molar-refractivity contribution in [2.75, 3.05) is 19.1 Å². The smallest absolute Gasteiger partial charge is 0.355 e. The van der Waals surface area contributed by atoms with Gasteiger partial charge in [-0.05, 0) is 34.9 Å². The van der Waals surface area contributed by atoms with Crippen molar-refractivity contribution in [1.29, 1.82) is 10.5 Å². The number of nitrogens with zero attached hydrogens (tertiary/aromatic N) is 3. The predicted molar refractivity (Wildman–Crippen MR) is 141 cm³/mol. The van der Waals surface area contributed by atoms with Crippen LogP contribution in [0, 0.1) is 28.1 Å². The average Bonchev–Trinajstić information content (AvgIpc) is 2.95. The number of nitriles is 2. The number of anilines is 1. The first-order valence-corrected chi connectivity index (χ1v) is 12.3. The van der Waals surface area contributed by atoms with Gasteiger partial charge in [0.25, 0.3) is 0 Å². The van der Waals surface area contributed by atoms with Gasteiger partial charge in [-0.15, -0.1) is 0 Å². The fourth-order valence-electron chi connectivity index (χ4n) is 5.56. The highest BCUT2D eigenvalue weighted by Gasteiger charge is 2.61. The van der Waals surface area contributed by atoms with E-state index in [-0.39, 0.29) is 21.9 Å². The lowest BCUT2D eigenvalue weighted by atomic mass is 9.59. The lowest BCUT2D eigenvalue weighted by Crippen LogP contribution is -2.52. The second-order valence-corrected chi connectivity index (χ2v) is 9.66. The standard InChI is InChI=1S/C29H19Cl2N3O4/c1-37-27(35)23-24(20-12-11-16(30)13-21(20)31)29(14-32,15-33)26-19-9-4-3-7-17(19)18-8-5-6-10-22(18)34(26)25(23)28(36)38-2/h3-13,24,26H,1-2H3. The summed E-state index contributed by atoms with van der Waals surface area (Å²) in [5.74, 6) is -3.02. The van der Waals surface area contributed by atoms with Crippen LogP contribution in [-0.4, -0.2) is 26.2 Å². The number of hydrogen-bond acceptors (Lipinski definition) is 7. The van der Waals surface area contributed by atoms with E-state index in [2.05, 4.69) is 12.1 Å². The maximum Gasteiger partial charge on any atom is 0.355 e. The van der Waals surface area contributed by atoms with Crippen molar-refractivity contribution in [2.45, 2.75) is 12.0 Å². The third-order valence-corrected chi connectivity index (χ3v) is 7.63. The molecule has 0 fully saturated rings. The van der Waals surface area contributed by atoms with Crippen LogP contribution in [0.1, 0.15) is 23.1 Å². The van der Waals surface area contributed by atoms with Gasteiger partial charge in [-0.25, -0.2) is 9.59 Å². The van der Waals surface area contributed by atoms with Crippen LogP contribution in [0.3, 0.4) is 0 Å². The maximum atomic E-state index is 13.5. The number of carbonyl (C=O) groups is 2. The number of halogens is 2. The zero-order valence-electron chi connectivity index (χ0n) is 20.2. The van der Waals surface area contributed by atoms with Crippen molar-refractivity contribution in [1.82, 2.24) is 0 Å². The van der Waals surface area contributed by atoms with Crippen LogP contribution in [-0.2, 0) is 19.1 Å². The Morgan fingerprint density at radius 3 is 2.13 bits per heavy atom. The Hall–Kier alpha value is -4.30. The Morgan fingerprint density at radius 1 is 0.868 bits per heavy atom. The molecule has 9 heteroatoms. The molecule has 3 aromatic carbocycles. The number of rotatable bonds is 3. The predicted octanol–water partition coefficient (Wildman–Crippen LogP) is 5.95. The van der Waals surface area contributed by atoms with Crippen LogP contribution in [0.4, 0.5) is 5.69 Å². The molecule has 0 aromatic heterocycles. The van der Waals surface area contributed by atoms with Crippen LogP contribution in [0.15, 0.2) is 78.0 Å². The third kappa shape index (κ3) is 3.48. The molecule has 0 spiro atoms. The Kier molecular flexibility index (Phi) is 6.36. The summed E-state index contributed by atoms with van der Waals surface area (Å²) < 4.78 is 10.3. The molecule has 2 heterocycles. The summed E-state index contributed by atoms with van der Waals surface area (Å²) in [7, 11) is 2.36. The van der Waals surface area contributed by atoms with Gasteiger partial charge in [0.15, 0.2) is 5.41 Å². The summed E-state index contributed by atoms with van der Waals surface area (Å²) in [4.78, 5) is 28.6. The highest BCUT2D eigenvalue weighted by molar-refractivity contribution is 6.35.